The fourth-order valence-electron chi connectivity index (χ4n) is 2.27. The van der Waals surface area contributed by atoms with Crippen LogP contribution in [0.4, 0.5) is 0 Å². The molecule has 1 N–H and O–H groups in total. The number of ether oxygens (including phenoxy) is 1. The van der Waals surface area contributed by atoms with Crippen LogP contribution in [-0.4, -0.2) is 43.7 Å². The standard InChI is InChI=1S/C17H29BrN2O/c1-4-20(5-2)13-6-7-15(3)19-12-14-21-17-10-8-16(18)9-11-17/h8-11,15,19H,4-7,12-14H2,1-3H3. The minimum atomic E-state index is 0.550. The summed E-state index contributed by atoms with van der Waals surface area (Å²) in [5.41, 5.74) is 0. The van der Waals surface area contributed by atoms with Crippen molar-refractivity contribution in [2.24, 2.45) is 0 Å². The SMILES string of the molecule is CCN(CC)CCCC(C)NCCOc1ccc(Br)cc1. The van der Waals surface area contributed by atoms with E-state index >= 15 is 0 Å². The molecule has 0 aromatic heterocycles. The molecule has 0 radical (unpaired) electrons. The van der Waals surface area contributed by atoms with Gasteiger partial charge in [0.05, 0.1) is 0 Å². The molecule has 0 amide bonds. The summed E-state index contributed by atoms with van der Waals surface area (Å²) in [4.78, 5) is 2.48. The maximum absolute atomic E-state index is 5.70. The van der Waals surface area contributed by atoms with Gasteiger partial charge in [-0.15, -0.1) is 0 Å². The number of halogens is 1. The van der Waals surface area contributed by atoms with Crippen molar-refractivity contribution in [2.45, 2.75) is 39.7 Å². The average molecular weight is 357 g/mol. The summed E-state index contributed by atoms with van der Waals surface area (Å²) < 4.78 is 6.78. The molecule has 0 aliphatic rings. The quantitative estimate of drug-likeness (QED) is 0.608. The van der Waals surface area contributed by atoms with Gasteiger partial charge in [-0.1, -0.05) is 29.8 Å². The lowest BCUT2D eigenvalue weighted by molar-refractivity contribution is 0.282. The van der Waals surface area contributed by atoms with E-state index in [0.717, 1.165) is 29.9 Å². The van der Waals surface area contributed by atoms with E-state index in [-0.39, 0.29) is 0 Å². The highest BCUT2D eigenvalue weighted by atomic mass is 79.9. The second-order valence-corrected chi connectivity index (χ2v) is 6.24. The molecule has 0 bridgehead atoms. The van der Waals surface area contributed by atoms with Gasteiger partial charge < -0.3 is 15.0 Å². The predicted octanol–water partition coefficient (Wildman–Crippen LogP) is 3.93. The minimum absolute atomic E-state index is 0.550. The van der Waals surface area contributed by atoms with Gasteiger partial charge in [0.2, 0.25) is 0 Å². The molecule has 0 spiro atoms. The van der Waals surface area contributed by atoms with Crippen LogP contribution in [0.3, 0.4) is 0 Å². The van der Waals surface area contributed by atoms with Crippen LogP contribution in [0.2, 0.25) is 0 Å². The first-order valence-corrected chi connectivity index (χ1v) is 8.79. The van der Waals surface area contributed by atoms with Gasteiger partial charge in [0, 0.05) is 17.1 Å². The number of hydrogen-bond acceptors (Lipinski definition) is 3. The molecule has 1 atom stereocenters. The molecule has 1 aromatic rings. The van der Waals surface area contributed by atoms with Crippen LogP contribution >= 0.6 is 15.9 Å². The predicted molar refractivity (Wildman–Crippen MR) is 94.1 cm³/mol. The van der Waals surface area contributed by atoms with Gasteiger partial charge in [0.15, 0.2) is 0 Å². The number of rotatable bonds is 11. The first-order chi connectivity index (χ1) is 10.2. The zero-order chi connectivity index (χ0) is 15.5. The van der Waals surface area contributed by atoms with Crippen molar-refractivity contribution >= 4 is 15.9 Å². The summed E-state index contributed by atoms with van der Waals surface area (Å²) in [5, 5.41) is 3.52. The van der Waals surface area contributed by atoms with Gasteiger partial charge >= 0.3 is 0 Å². The Morgan fingerprint density at radius 2 is 1.86 bits per heavy atom. The summed E-state index contributed by atoms with van der Waals surface area (Å²) in [6.45, 7) is 11.8. The lowest BCUT2D eigenvalue weighted by atomic mass is 10.2. The number of nitrogens with one attached hydrogen (secondary N) is 1. The zero-order valence-electron chi connectivity index (χ0n) is 13.6. The van der Waals surface area contributed by atoms with E-state index in [1.807, 2.05) is 24.3 Å². The molecule has 0 saturated heterocycles. The van der Waals surface area contributed by atoms with Crippen LogP contribution in [0.25, 0.3) is 0 Å². The first kappa shape index (κ1) is 18.5. The topological polar surface area (TPSA) is 24.5 Å². The molecule has 120 valence electrons. The van der Waals surface area contributed by atoms with Crippen LogP contribution in [0.5, 0.6) is 5.75 Å². The second-order valence-electron chi connectivity index (χ2n) is 5.33. The van der Waals surface area contributed by atoms with Gasteiger partial charge in [0.1, 0.15) is 12.4 Å². The van der Waals surface area contributed by atoms with E-state index in [4.69, 9.17) is 4.74 Å². The molecule has 0 saturated carbocycles. The summed E-state index contributed by atoms with van der Waals surface area (Å²) in [6, 6.07) is 8.51. The van der Waals surface area contributed by atoms with E-state index in [2.05, 4.69) is 46.9 Å². The third kappa shape index (κ3) is 8.44. The highest BCUT2D eigenvalue weighted by Crippen LogP contribution is 2.15. The molecule has 0 aliphatic carbocycles. The van der Waals surface area contributed by atoms with E-state index < -0.39 is 0 Å². The van der Waals surface area contributed by atoms with Crippen molar-refractivity contribution in [3.63, 3.8) is 0 Å². The molecule has 1 rings (SSSR count). The normalized spacial score (nSPS) is 12.6. The van der Waals surface area contributed by atoms with Crippen LogP contribution in [0.15, 0.2) is 28.7 Å². The minimum Gasteiger partial charge on any atom is -0.492 e. The van der Waals surface area contributed by atoms with Gasteiger partial charge in [-0.2, -0.15) is 0 Å². The highest BCUT2D eigenvalue weighted by Gasteiger charge is 2.03. The zero-order valence-corrected chi connectivity index (χ0v) is 15.2. The smallest absolute Gasteiger partial charge is 0.119 e. The molecular formula is C17H29BrN2O. The number of nitrogens with zero attached hydrogens (tertiary/aromatic N) is 1. The Kier molecular flexibility index (Phi) is 9.72. The molecule has 1 aromatic carbocycles. The lowest BCUT2D eigenvalue weighted by Gasteiger charge is -2.19. The molecule has 0 heterocycles. The summed E-state index contributed by atoms with van der Waals surface area (Å²) >= 11 is 3.42. The van der Waals surface area contributed by atoms with Gasteiger partial charge in [-0.05, 0) is 63.7 Å². The summed E-state index contributed by atoms with van der Waals surface area (Å²) in [5.74, 6) is 0.925. The van der Waals surface area contributed by atoms with E-state index in [1.54, 1.807) is 0 Å². The Bertz CT molecular complexity index is 366. The van der Waals surface area contributed by atoms with Crippen molar-refractivity contribution in [3.05, 3.63) is 28.7 Å². The van der Waals surface area contributed by atoms with Crippen molar-refractivity contribution < 1.29 is 4.74 Å². The number of hydrogen-bond donors (Lipinski definition) is 1. The van der Waals surface area contributed by atoms with Crippen LogP contribution in [0, 0.1) is 0 Å². The largest absolute Gasteiger partial charge is 0.492 e. The first-order valence-electron chi connectivity index (χ1n) is 7.99. The third-order valence-electron chi connectivity index (χ3n) is 3.68. The maximum atomic E-state index is 5.70. The summed E-state index contributed by atoms with van der Waals surface area (Å²) in [7, 11) is 0. The average Bonchev–Trinajstić information content (AvgIpc) is 2.50. The molecular weight excluding hydrogens is 328 g/mol. The third-order valence-corrected chi connectivity index (χ3v) is 4.21. The van der Waals surface area contributed by atoms with Gasteiger partial charge in [-0.25, -0.2) is 0 Å². The molecule has 0 aliphatic heterocycles. The number of benzene rings is 1. The fraction of sp³-hybridized carbons (Fsp3) is 0.647. The van der Waals surface area contributed by atoms with Gasteiger partial charge in [-0.3, -0.25) is 0 Å². The van der Waals surface area contributed by atoms with Crippen molar-refractivity contribution in [1.29, 1.82) is 0 Å². The van der Waals surface area contributed by atoms with E-state index in [9.17, 15) is 0 Å². The molecule has 21 heavy (non-hydrogen) atoms. The lowest BCUT2D eigenvalue weighted by Crippen LogP contribution is -2.31. The van der Waals surface area contributed by atoms with Gasteiger partial charge in [0.25, 0.3) is 0 Å². The summed E-state index contributed by atoms with van der Waals surface area (Å²) in [6.07, 6.45) is 2.47. The molecule has 3 nitrogen and oxygen atoms in total. The molecule has 4 heteroatoms. The fourth-order valence-corrected chi connectivity index (χ4v) is 2.53. The maximum Gasteiger partial charge on any atom is 0.119 e. The van der Waals surface area contributed by atoms with Crippen molar-refractivity contribution in [2.75, 3.05) is 32.8 Å². The Labute approximate surface area is 138 Å². The Morgan fingerprint density at radius 3 is 2.48 bits per heavy atom. The molecule has 1 unspecified atom stereocenters. The monoisotopic (exact) mass is 356 g/mol. The Morgan fingerprint density at radius 1 is 1.19 bits per heavy atom. The Balaban J connectivity index is 2.05. The Hall–Kier alpha value is -0.580. The van der Waals surface area contributed by atoms with Crippen LogP contribution in [-0.2, 0) is 0 Å². The highest BCUT2D eigenvalue weighted by molar-refractivity contribution is 9.10. The molecule has 0 fully saturated rings. The van der Waals surface area contributed by atoms with Crippen LogP contribution in [0.1, 0.15) is 33.6 Å². The van der Waals surface area contributed by atoms with Crippen molar-refractivity contribution in [1.82, 2.24) is 10.2 Å². The van der Waals surface area contributed by atoms with E-state index in [0.29, 0.717) is 12.6 Å². The van der Waals surface area contributed by atoms with Crippen molar-refractivity contribution in [3.8, 4) is 5.75 Å². The second kappa shape index (κ2) is 11.0. The van der Waals surface area contributed by atoms with Crippen LogP contribution < -0.4 is 10.1 Å². The van der Waals surface area contributed by atoms with E-state index in [1.165, 1.54) is 19.4 Å².